The Balaban J connectivity index is 2.08. The topological polar surface area (TPSA) is 15.3 Å². The lowest BCUT2D eigenvalue weighted by molar-refractivity contribution is 0.434. The minimum absolute atomic E-state index is 0.0946. The van der Waals surface area contributed by atoms with Crippen molar-refractivity contribution in [3.05, 3.63) is 29.6 Å². The summed E-state index contributed by atoms with van der Waals surface area (Å²) in [6, 6.07) is 5.93. The van der Waals surface area contributed by atoms with E-state index in [1.807, 2.05) is 12.1 Å². The highest BCUT2D eigenvalue weighted by Gasteiger charge is 2.18. The molecule has 3 heteroatoms. The maximum absolute atomic E-state index is 14.0. The highest BCUT2D eigenvalue weighted by molar-refractivity contribution is 5.50. The minimum Gasteiger partial charge on any atom is -0.369 e. The number of anilines is 1. The van der Waals surface area contributed by atoms with Crippen LogP contribution in [0.15, 0.2) is 18.2 Å². The number of nitrogens with one attached hydrogen (secondary N) is 1. The van der Waals surface area contributed by atoms with E-state index in [9.17, 15) is 4.39 Å². The van der Waals surface area contributed by atoms with E-state index in [1.165, 1.54) is 0 Å². The molecule has 106 valence electrons. The SMILES string of the molecule is CC1CCN(c2cc(CNC(C)C)ccc2F)CC1. The molecule has 1 aliphatic rings. The Morgan fingerprint density at radius 3 is 2.63 bits per heavy atom. The van der Waals surface area contributed by atoms with E-state index in [4.69, 9.17) is 0 Å². The largest absolute Gasteiger partial charge is 0.369 e. The van der Waals surface area contributed by atoms with Crippen molar-refractivity contribution in [2.75, 3.05) is 18.0 Å². The molecule has 0 bridgehead atoms. The molecule has 0 radical (unpaired) electrons. The Morgan fingerprint density at radius 1 is 1.32 bits per heavy atom. The van der Waals surface area contributed by atoms with Gasteiger partial charge in [-0.3, -0.25) is 0 Å². The summed E-state index contributed by atoms with van der Waals surface area (Å²) in [5, 5.41) is 3.38. The van der Waals surface area contributed by atoms with Gasteiger partial charge in [-0.25, -0.2) is 4.39 Å². The highest BCUT2D eigenvalue weighted by Crippen LogP contribution is 2.26. The molecule has 1 aromatic rings. The molecule has 0 saturated carbocycles. The molecule has 2 nitrogen and oxygen atoms in total. The molecule has 1 aliphatic heterocycles. The number of piperidine rings is 1. The lowest BCUT2D eigenvalue weighted by Crippen LogP contribution is -2.33. The monoisotopic (exact) mass is 264 g/mol. The minimum atomic E-state index is -0.0946. The maximum Gasteiger partial charge on any atom is 0.146 e. The molecule has 1 heterocycles. The summed E-state index contributed by atoms with van der Waals surface area (Å²) >= 11 is 0. The quantitative estimate of drug-likeness (QED) is 0.894. The van der Waals surface area contributed by atoms with Crippen LogP contribution in [0.3, 0.4) is 0 Å². The van der Waals surface area contributed by atoms with Gasteiger partial charge in [-0.1, -0.05) is 26.8 Å². The lowest BCUT2D eigenvalue weighted by atomic mass is 9.98. The Labute approximate surface area is 116 Å². The first-order valence-corrected chi connectivity index (χ1v) is 7.33. The second-order valence-electron chi connectivity index (χ2n) is 5.99. The number of benzene rings is 1. The molecule has 0 spiro atoms. The molecular weight excluding hydrogens is 239 g/mol. The van der Waals surface area contributed by atoms with Crippen LogP contribution in [0.5, 0.6) is 0 Å². The zero-order valence-electron chi connectivity index (χ0n) is 12.2. The Bertz CT molecular complexity index is 409. The molecule has 0 atom stereocenters. The summed E-state index contributed by atoms with van der Waals surface area (Å²) in [4.78, 5) is 2.19. The maximum atomic E-state index is 14.0. The third-order valence-corrected chi connectivity index (χ3v) is 3.85. The predicted molar refractivity (Wildman–Crippen MR) is 79.0 cm³/mol. The molecule has 0 aromatic heterocycles. The summed E-state index contributed by atoms with van der Waals surface area (Å²) < 4.78 is 14.0. The van der Waals surface area contributed by atoms with E-state index in [2.05, 4.69) is 31.0 Å². The van der Waals surface area contributed by atoms with Crippen molar-refractivity contribution in [2.45, 2.75) is 46.2 Å². The van der Waals surface area contributed by atoms with E-state index < -0.39 is 0 Å². The van der Waals surface area contributed by atoms with Gasteiger partial charge in [-0.15, -0.1) is 0 Å². The highest BCUT2D eigenvalue weighted by atomic mass is 19.1. The van der Waals surface area contributed by atoms with Crippen molar-refractivity contribution in [3.8, 4) is 0 Å². The van der Waals surface area contributed by atoms with Crippen LogP contribution in [0, 0.1) is 11.7 Å². The van der Waals surface area contributed by atoms with Gasteiger partial charge in [0.2, 0.25) is 0 Å². The molecular formula is C16H25FN2. The first-order valence-electron chi connectivity index (χ1n) is 7.33. The van der Waals surface area contributed by atoms with Crippen molar-refractivity contribution in [1.82, 2.24) is 5.32 Å². The van der Waals surface area contributed by atoms with Gasteiger partial charge in [0, 0.05) is 25.7 Å². The number of hydrogen-bond acceptors (Lipinski definition) is 2. The standard InChI is InChI=1S/C16H25FN2/c1-12(2)18-11-14-4-5-15(17)16(10-14)19-8-6-13(3)7-9-19/h4-5,10,12-13,18H,6-9,11H2,1-3H3. The molecule has 1 fully saturated rings. The van der Waals surface area contributed by atoms with Crippen LogP contribution in [0.4, 0.5) is 10.1 Å². The molecule has 1 saturated heterocycles. The Kier molecular flexibility index (Phi) is 4.81. The van der Waals surface area contributed by atoms with Crippen LogP contribution >= 0.6 is 0 Å². The van der Waals surface area contributed by atoms with Crippen LogP contribution in [-0.4, -0.2) is 19.1 Å². The van der Waals surface area contributed by atoms with E-state index in [-0.39, 0.29) is 5.82 Å². The van der Waals surface area contributed by atoms with E-state index in [0.717, 1.165) is 49.6 Å². The van der Waals surface area contributed by atoms with Crippen molar-refractivity contribution in [1.29, 1.82) is 0 Å². The summed E-state index contributed by atoms with van der Waals surface area (Å²) in [7, 11) is 0. The zero-order chi connectivity index (χ0) is 13.8. The molecule has 0 amide bonds. The molecule has 0 unspecified atom stereocenters. The fraction of sp³-hybridized carbons (Fsp3) is 0.625. The van der Waals surface area contributed by atoms with Gasteiger partial charge in [0.25, 0.3) is 0 Å². The fourth-order valence-corrected chi connectivity index (χ4v) is 2.48. The molecule has 1 aromatic carbocycles. The van der Waals surface area contributed by atoms with Gasteiger partial charge in [0.05, 0.1) is 5.69 Å². The normalized spacial score (nSPS) is 17.2. The van der Waals surface area contributed by atoms with Gasteiger partial charge in [0.1, 0.15) is 5.82 Å². The average molecular weight is 264 g/mol. The van der Waals surface area contributed by atoms with Gasteiger partial charge >= 0.3 is 0 Å². The van der Waals surface area contributed by atoms with E-state index in [0.29, 0.717) is 6.04 Å². The number of nitrogens with zero attached hydrogens (tertiary/aromatic N) is 1. The van der Waals surface area contributed by atoms with Crippen molar-refractivity contribution < 1.29 is 4.39 Å². The van der Waals surface area contributed by atoms with Gasteiger partial charge in [-0.2, -0.15) is 0 Å². The summed E-state index contributed by atoms with van der Waals surface area (Å²) in [5.41, 5.74) is 1.93. The second kappa shape index (κ2) is 6.38. The first-order chi connectivity index (χ1) is 9.06. The van der Waals surface area contributed by atoms with Gasteiger partial charge < -0.3 is 10.2 Å². The van der Waals surface area contributed by atoms with Gasteiger partial charge in [-0.05, 0) is 36.5 Å². The molecule has 2 rings (SSSR count). The van der Waals surface area contributed by atoms with Crippen LogP contribution in [0.1, 0.15) is 39.2 Å². The molecule has 19 heavy (non-hydrogen) atoms. The lowest BCUT2D eigenvalue weighted by Gasteiger charge is -2.32. The summed E-state index contributed by atoms with van der Waals surface area (Å²) in [6.07, 6.45) is 2.32. The number of hydrogen-bond donors (Lipinski definition) is 1. The van der Waals surface area contributed by atoms with Crippen LogP contribution in [0.25, 0.3) is 0 Å². The van der Waals surface area contributed by atoms with Crippen molar-refractivity contribution in [3.63, 3.8) is 0 Å². The Morgan fingerprint density at radius 2 is 2.00 bits per heavy atom. The Hall–Kier alpha value is -1.09. The summed E-state index contributed by atoms with van der Waals surface area (Å²) in [5.74, 6) is 0.674. The number of halogens is 1. The third kappa shape index (κ3) is 3.93. The van der Waals surface area contributed by atoms with Crippen molar-refractivity contribution >= 4 is 5.69 Å². The average Bonchev–Trinajstić information content (AvgIpc) is 2.39. The molecule has 1 N–H and O–H groups in total. The van der Waals surface area contributed by atoms with E-state index in [1.54, 1.807) is 6.07 Å². The smallest absolute Gasteiger partial charge is 0.146 e. The third-order valence-electron chi connectivity index (χ3n) is 3.85. The summed E-state index contributed by atoms with van der Waals surface area (Å²) in [6.45, 7) is 9.26. The van der Waals surface area contributed by atoms with Crippen LogP contribution in [0.2, 0.25) is 0 Å². The predicted octanol–water partition coefficient (Wildman–Crippen LogP) is 3.56. The zero-order valence-corrected chi connectivity index (χ0v) is 12.2. The first kappa shape index (κ1) is 14.3. The fourth-order valence-electron chi connectivity index (χ4n) is 2.48. The second-order valence-corrected chi connectivity index (χ2v) is 5.99. The van der Waals surface area contributed by atoms with Crippen LogP contribution in [-0.2, 0) is 6.54 Å². The number of rotatable bonds is 4. The van der Waals surface area contributed by atoms with E-state index >= 15 is 0 Å². The van der Waals surface area contributed by atoms with Gasteiger partial charge in [0.15, 0.2) is 0 Å². The van der Waals surface area contributed by atoms with Crippen LogP contribution < -0.4 is 10.2 Å². The molecule has 0 aliphatic carbocycles. The van der Waals surface area contributed by atoms with Crippen molar-refractivity contribution in [2.24, 2.45) is 5.92 Å².